The molecule has 0 aromatic rings. The largest absolute Gasteiger partial charge is 0.726 e. The number of hydrogen-bond donors (Lipinski definition) is 1. The summed E-state index contributed by atoms with van der Waals surface area (Å²) in [5.41, 5.74) is 0. The molecule has 0 saturated heterocycles. The Kier molecular flexibility index (Phi) is 5.36. The van der Waals surface area contributed by atoms with Gasteiger partial charge in [-0.2, -0.15) is 0 Å². The normalized spacial score (nSPS) is 15.6. The molecule has 0 unspecified atom stereocenters. The summed E-state index contributed by atoms with van der Waals surface area (Å²) in [7, 11) is -1.55. The molecule has 14 heavy (non-hydrogen) atoms. The molecule has 0 aromatic heterocycles. The van der Waals surface area contributed by atoms with E-state index in [0.29, 0.717) is 0 Å². The molecule has 1 aliphatic rings. The molecule has 1 heterocycles. The van der Waals surface area contributed by atoms with Crippen molar-refractivity contribution in [2.75, 3.05) is 27.2 Å². The Labute approximate surface area is 83.8 Å². The average molecular weight is 222 g/mol. The molecule has 1 rings (SSSR count). The van der Waals surface area contributed by atoms with Crippen molar-refractivity contribution in [3.8, 4) is 0 Å². The third-order valence-corrected chi connectivity index (χ3v) is 1.97. The van der Waals surface area contributed by atoms with Crippen molar-refractivity contribution in [1.29, 1.82) is 0 Å². The third kappa shape index (κ3) is 5.68. The van der Waals surface area contributed by atoms with E-state index in [2.05, 4.69) is 27.7 Å². The van der Waals surface area contributed by atoms with E-state index in [4.69, 9.17) is 0 Å². The average Bonchev–Trinajstić information content (AvgIpc) is 2.51. The van der Waals surface area contributed by atoms with E-state index < -0.39 is 10.4 Å². The van der Waals surface area contributed by atoms with Crippen LogP contribution in [0.5, 0.6) is 0 Å². The van der Waals surface area contributed by atoms with Gasteiger partial charge in [-0.05, 0) is 0 Å². The first-order valence-electron chi connectivity index (χ1n) is 3.86. The first-order valence-corrected chi connectivity index (χ1v) is 5.20. The van der Waals surface area contributed by atoms with Crippen LogP contribution in [-0.2, 0) is 14.6 Å². The minimum absolute atomic E-state index is 0.808. The Bertz CT molecular complexity index is 321. The van der Waals surface area contributed by atoms with Gasteiger partial charge in [0.25, 0.3) is 5.84 Å². The Morgan fingerprint density at radius 3 is 2.36 bits per heavy atom. The maximum atomic E-state index is 9.22. The molecule has 0 aromatic carbocycles. The second-order valence-corrected chi connectivity index (χ2v) is 3.66. The van der Waals surface area contributed by atoms with Gasteiger partial charge in [0.15, 0.2) is 0 Å². The highest BCUT2D eigenvalue weighted by molar-refractivity contribution is 7.80. The summed E-state index contributed by atoms with van der Waals surface area (Å²) in [6.45, 7) is 5.80. The van der Waals surface area contributed by atoms with Crippen molar-refractivity contribution in [3.05, 3.63) is 12.7 Å². The lowest BCUT2D eigenvalue weighted by atomic mass is 10.6. The zero-order valence-electron chi connectivity index (χ0n) is 8.19. The fourth-order valence-corrected chi connectivity index (χ4v) is 0.835. The molecule has 7 heteroatoms. The first kappa shape index (κ1) is 13.1. The van der Waals surface area contributed by atoms with Gasteiger partial charge in [-0.15, -0.1) is 0 Å². The Morgan fingerprint density at radius 1 is 1.71 bits per heavy atom. The van der Waals surface area contributed by atoms with Gasteiger partial charge in [-0.1, -0.05) is 6.58 Å². The summed E-state index contributed by atoms with van der Waals surface area (Å²) in [4.78, 5) is 0. The SMILES string of the molecule is C=CC1=[N+](C)CCN1.COS(=O)(=O)[O-]. The number of rotatable bonds is 2. The summed E-state index contributed by atoms with van der Waals surface area (Å²) in [6, 6.07) is 0. The highest BCUT2D eigenvalue weighted by Crippen LogP contribution is 1.82. The topological polar surface area (TPSA) is 81.5 Å². The van der Waals surface area contributed by atoms with Gasteiger partial charge in [0.2, 0.25) is 10.4 Å². The highest BCUT2D eigenvalue weighted by Gasteiger charge is 2.11. The van der Waals surface area contributed by atoms with Gasteiger partial charge in [-0.25, -0.2) is 8.42 Å². The minimum atomic E-state index is -4.41. The number of nitrogens with one attached hydrogen (secondary N) is 1. The van der Waals surface area contributed by atoms with Crippen LogP contribution in [0.2, 0.25) is 0 Å². The fourth-order valence-electron chi connectivity index (χ4n) is 0.835. The molecular formula is C7H14N2O4S. The van der Waals surface area contributed by atoms with E-state index in [0.717, 1.165) is 26.0 Å². The number of nitrogens with zero attached hydrogens (tertiary/aromatic N) is 1. The summed E-state index contributed by atoms with van der Waals surface area (Å²) in [5, 5.41) is 3.18. The van der Waals surface area contributed by atoms with Crippen molar-refractivity contribution in [3.63, 3.8) is 0 Å². The van der Waals surface area contributed by atoms with Crippen LogP contribution >= 0.6 is 0 Å². The molecule has 0 fully saturated rings. The van der Waals surface area contributed by atoms with Crippen molar-refractivity contribution in [2.24, 2.45) is 0 Å². The Hall–Kier alpha value is -0.920. The van der Waals surface area contributed by atoms with E-state index in [-0.39, 0.29) is 0 Å². The van der Waals surface area contributed by atoms with Crippen molar-refractivity contribution in [2.45, 2.75) is 0 Å². The predicted molar refractivity (Wildman–Crippen MR) is 51.0 cm³/mol. The fraction of sp³-hybridized carbons (Fsp3) is 0.571. The molecule has 0 atom stereocenters. The second-order valence-electron chi connectivity index (χ2n) is 2.51. The van der Waals surface area contributed by atoms with Crippen LogP contribution in [-0.4, -0.2) is 50.6 Å². The number of hydrogen-bond acceptors (Lipinski definition) is 5. The molecule has 0 radical (unpaired) electrons. The summed E-state index contributed by atoms with van der Waals surface area (Å²) >= 11 is 0. The minimum Gasteiger partial charge on any atom is -0.726 e. The van der Waals surface area contributed by atoms with Gasteiger partial charge < -0.3 is 4.55 Å². The molecule has 0 bridgehead atoms. The standard InChI is InChI=1S/C6H10N2.CH4O4S/c1-3-6-7-4-5-8(6)2;1-5-6(2,3)4/h3H,1,4-5H2,2H3;1H3,(H,2,3,4). The summed E-state index contributed by atoms with van der Waals surface area (Å²) in [6.07, 6.45) is 1.84. The molecule has 82 valence electrons. The van der Waals surface area contributed by atoms with Gasteiger partial charge in [0.1, 0.15) is 13.1 Å². The monoisotopic (exact) mass is 222 g/mol. The zero-order valence-corrected chi connectivity index (χ0v) is 9.00. The number of amidine groups is 1. The Balaban J connectivity index is 0.000000255. The molecule has 0 spiro atoms. The van der Waals surface area contributed by atoms with Crippen LogP contribution in [0.1, 0.15) is 0 Å². The van der Waals surface area contributed by atoms with E-state index in [1.807, 2.05) is 6.08 Å². The lowest BCUT2D eigenvalue weighted by molar-refractivity contribution is -0.485. The zero-order chi connectivity index (χ0) is 11.2. The Morgan fingerprint density at radius 2 is 2.21 bits per heavy atom. The van der Waals surface area contributed by atoms with Crippen molar-refractivity contribution < 1.29 is 21.7 Å². The van der Waals surface area contributed by atoms with Crippen LogP contribution in [0.4, 0.5) is 0 Å². The molecule has 0 aliphatic carbocycles. The molecular weight excluding hydrogens is 208 g/mol. The first-order chi connectivity index (χ1) is 6.40. The summed E-state index contributed by atoms with van der Waals surface area (Å²) < 4.78 is 33.2. The van der Waals surface area contributed by atoms with Gasteiger partial charge >= 0.3 is 0 Å². The van der Waals surface area contributed by atoms with Gasteiger partial charge in [0.05, 0.1) is 14.2 Å². The highest BCUT2D eigenvalue weighted by atomic mass is 32.3. The van der Waals surface area contributed by atoms with E-state index in [1.54, 1.807) is 0 Å². The van der Waals surface area contributed by atoms with Crippen LogP contribution in [0.15, 0.2) is 12.7 Å². The van der Waals surface area contributed by atoms with E-state index in [1.165, 1.54) is 0 Å². The molecule has 1 aliphatic heterocycles. The lowest BCUT2D eigenvalue weighted by Gasteiger charge is -1.98. The molecule has 0 saturated carbocycles. The number of likely N-dealkylation sites (N-methyl/N-ethyl adjacent to an activating group) is 1. The summed E-state index contributed by atoms with van der Waals surface area (Å²) in [5.74, 6) is 1.14. The van der Waals surface area contributed by atoms with Crippen molar-refractivity contribution in [1.82, 2.24) is 5.32 Å². The van der Waals surface area contributed by atoms with Crippen molar-refractivity contribution >= 4 is 16.2 Å². The van der Waals surface area contributed by atoms with Crippen LogP contribution in [0.25, 0.3) is 0 Å². The predicted octanol–water partition coefficient (Wildman–Crippen LogP) is -1.09. The van der Waals surface area contributed by atoms with E-state index >= 15 is 0 Å². The van der Waals surface area contributed by atoms with Crippen LogP contribution < -0.4 is 5.32 Å². The quantitative estimate of drug-likeness (QED) is 0.365. The van der Waals surface area contributed by atoms with Gasteiger partial charge in [-0.3, -0.25) is 14.1 Å². The molecule has 0 amide bonds. The van der Waals surface area contributed by atoms with Crippen LogP contribution in [0, 0.1) is 0 Å². The van der Waals surface area contributed by atoms with Crippen LogP contribution in [0.3, 0.4) is 0 Å². The third-order valence-electron chi connectivity index (χ3n) is 1.56. The van der Waals surface area contributed by atoms with Gasteiger partial charge in [0, 0.05) is 6.08 Å². The smallest absolute Gasteiger partial charge is 0.269 e. The second kappa shape index (κ2) is 5.74. The lowest BCUT2D eigenvalue weighted by Crippen LogP contribution is -2.17. The maximum absolute atomic E-state index is 9.22. The molecule has 1 N–H and O–H groups in total. The van der Waals surface area contributed by atoms with E-state index in [9.17, 15) is 13.0 Å². The molecule has 6 nitrogen and oxygen atoms in total. The maximum Gasteiger partial charge on any atom is 0.269 e.